The summed E-state index contributed by atoms with van der Waals surface area (Å²) in [5.41, 5.74) is 0. The van der Waals surface area contributed by atoms with Crippen molar-refractivity contribution >= 4 is 11.9 Å². The average molecular weight is 248 g/mol. The molecule has 0 bridgehead atoms. The molecule has 0 aliphatic carbocycles. The van der Waals surface area contributed by atoms with E-state index in [-0.39, 0.29) is 0 Å². The van der Waals surface area contributed by atoms with Gasteiger partial charge in [-0.15, -0.1) is 0 Å². The fourth-order valence-corrected chi connectivity index (χ4v) is 1.68. The van der Waals surface area contributed by atoms with Crippen LogP contribution in [-0.4, -0.2) is 52.9 Å². The lowest BCUT2D eigenvalue weighted by Gasteiger charge is -2.40. The highest BCUT2D eigenvalue weighted by molar-refractivity contribution is 5.67. The first kappa shape index (κ1) is 13.9. The summed E-state index contributed by atoms with van der Waals surface area (Å²) in [6, 6.07) is 0. The van der Waals surface area contributed by atoms with E-state index in [9.17, 15) is 19.8 Å². The quantitative estimate of drug-likeness (QED) is 0.601. The maximum absolute atomic E-state index is 10.9. The van der Waals surface area contributed by atoms with Crippen molar-refractivity contribution in [3.8, 4) is 0 Å². The number of ether oxygens (including phenoxy) is 3. The molecule has 1 fully saturated rings. The Morgan fingerprint density at radius 1 is 1.06 bits per heavy atom. The van der Waals surface area contributed by atoms with E-state index in [1.54, 1.807) is 6.92 Å². The Morgan fingerprint density at radius 2 is 1.53 bits per heavy atom. The number of hydrogen-bond donors (Lipinski definition) is 2. The number of aliphatic hydroxyl groups is 2. The van der Waals surface area contributed by atoms with Crippen LogP contribution in [0.5, 0.6) is 0 Å². The molecule has 0 aromatic heterocycles. The van der Waals surface area contributed by atoms with Crippen LogP contribution in [0, 0.1) is 0 Å². The number of hydrogen-bond acceptors (Lipinski definition) is 7. The molecule has 0 radical (unpaired) electrons. The Hall–Kier alpha value is -1.18. The summed E-state index contributed by atoms with van der Waals surface area (Å²) in [4.78, 5) is 21.8. The largest absolute Gasteiger partial charge is 0.456 e. The van der Waals surface area contributed by atoms with Gasteiger partial charge in [0.15, 0.2) is 18.5 Å². The summed E-state index contributed by atoms with van der Waals surface area (Å²) in [6.07, 6.45) is -5.73. The molecule has 1 aliphatic heterocycles. The van der Waals surface area contributed by atoms with Crippen LogP contribution in [0.15, 0.2) is 0 Å². The first-order valence-electron chi connectivity index (χ1n) is 5.19. The lowest BCUT2D eigenvalue weighted by molar-refractivity contribution is -0.284. The molecule has 0 saturated carbocycles. The number of aliphatic hydroxyl groups excluding tert-OH is 2. The van der Waals surface area contributed by atoms with E-state index in [0.29, 0.717) is 0 Å². The highest BCUT2D eigenvalue weighted by Crippen LogP contribution is 2.24. The third kappa shape index (κ3) is 3.39. The van der Waals surface area contributed by atoms with Gasteiger partial charge in [-0.25, -0.2) is 0 Å². The molecule has 2 N–H and O–H groups in total. The van der Waals surface area contributed by atoms with Crippen molar-refractivity contribution in [2.24, 2.45) is 0 Å². The average Bonchev–Trinajstić information content (AvgIpc) is 2.19. The Labute approximate surface area is 98.3 Å². The maximum Gasteiger partial charge on any atom is 0.303 e. The zero-order chi connectivity index (χ0) is 13.2. The van der Waals surface area contributed by atoms with Crippen LogP contribution in [0.4, 0.5) is 0 Å². The molecule has 17 heavy (non-hydrogen) atoms. The molecule has 1 aliphatic rings. The molecular formula is C10H16O7. The van der Waals surface area contributed by atoms with Crippen molar-refractivity contribution in [1.29, 1.82) is 0 Å². The van der Waals surface area contributed by atoms with Crippen LogP contribution in [0.3, 0.4) is 0 Å². The molecule has 1 saturated heterocycles. The fraction of sp³-hybridized carbons (Fsp3) is 0.800. The molecule has 1 rings (SSSR count). The lowest BCUT2D eigenvalue weighted by atomic mass is 9.99. The van der Waals surface area contributed by atoms with Crippen molar-refractivity contribution in [3.63, 3.8) is 0 Å². The van der Waals surface area contributed by atoms with Crippen LogP contribution in [0.25, 0.3) is 0 Å². The Bertz CT molecular complexity index is 303. The SMILES string of the molecule is CC(=O)O[C@@H]1[C@H](OC(C)=O)[C@@H](C)OC(O)[C@H]1O. The standard InChI is InChI=1S/C10H16O7/c1-4-8(16-5(2)11)9(17-6(3)12)7(13)10(14)15-4/h4,7-10,13-14H,1-3H3/t4-,7+,8-,9+,10?/m1/s1. The molecule has 0 amide bonds. The summed E-state index contributed by atoms with van der Waals surface area (Å²) in [7, 11) is 0. The van der Waals surface area contributed by atoms with Crippen LogP contribution >= 0.6 is 0 Å². The second-order valence-corrected chi connectivity index (χ2v) is 3.87. The van der Waals surface area contributed by atoms with Gasteiger partial charge in [0.25, 0.3) is 0 Å². The van der Waals surface area contributed by atoms with Gasteiger partial charge in [0, 0.05) is 13.8 Å². The van der Waals surface area contributed by atoms with Gasteiger partial charge in [0.2, 0.25) is 0 Å². The summed E-state index contributed by atoms with van der Waals surface area (Å²) >= 11 is 0. The minimum Gasteiger partial charge on any atom is -0.456 e. The van der Waals surface area contributed by atoms with E-state index < -0.39 is 42.6 Å². The molecule has 0 aromatic rings. The van der Waals surface area contributed by atoms with Gasteiger partial charge >= 0.3 is 11.9 Å². The smallest absolute Gasteiger partial charge is 0.303 e. The molecule has 7 heteroatoms. The molecular weight excluding hydrogens is 232 g/mol. The molecule has 0 aromatic carbocycles. The summed E-state index contributed by atoms with van der Waals surface area (Å²) in [6.45, 7) is 3.89. The fourth-order valence-electron chi connectivity index (χ4n) is 1.68. The van der Waals surface area contributed by atoms with Gasteiger partial charge in [-0.2, -0.15) is 0 Å². The molecule has 98 valence electrons. The van der Waals surface area contributed by atoms with E-state index in [4.69, 9.17) is 14.2 Å². The first-order valence-corrected chi connectivity index (χ1v) is 5.19. The molecule has 1 unspecified atom stereocenters. The highest BCUT2D eigenvalue weighted by Gasteiger charge is 2.46. The Kier molecular flexibility index (Phi) is 4.44. The van der Waals surface area contributed by atoms with Gasteiger partial charge in [0.1, 0.15) is 6.10 Å². The first-order chi connectivity index (χ1) is 7.82. The van der Waals surface area contributed by atoms with Crippen molar-refractivity contribution < 1.29 is 34.0 Å². The summed E-state index contributed by atoms with van der Waals surface area (Å²) in [5, 5.41) is 19.0. The third-order valence-corrected chi connectivity index (χ3v) is 2.37. The second-order valence-electron chi connectivity index (χ2n) is 3.87. The van der Waals surface area contributed by atoms with E-state index in [2.05, 4.69) is 0 Å². The number of carbonyl (C=O) groups excluding carboxylic acids is 2. The van der Waals surface area contributed by atoms with Gasteiger partial charge in [-0.3, -0.25) is 9.59 Å². The normalized spacial score (nSPS) is 37.4. The summed E-state index contributed by atoms with van der Waals surface area (Å²) in [5.74, 6) is -1.24. The Balaban J connectivity index is 2.86. The summed E-state index contributed by atoms with van der Waals surface area (Å²) < 4.78 is 14.7. The minimum atomic E-state index is -1.49. The van der Waals surface area contributed by atoms with Crippen molar-refractivity contribution in [2.75, 3.05) is 0 Å². The van der Waals surface area contributed by atoms with Gasteiger partial charge in [0.05, 0.1) is 6.10 Å². The predicted molar refractivity (Wildman–Crippen MR) is 53.7 cm³/mol. The number of esters is 2. The predicted octanol–water partition coefficient (Wildman–Crippen LogP) is -1.05. The maximum atomic E-state index is 10.9. The van der Waals surface area contributed by atoms with Crippen LogP contribution < -0.4 is 0 Å². The number of rotatable bonds is 2. The monoisotopic (exact) mass is 248 g/mol. The van der Waals surface area contributed by atoms with E-state index in [1.165, 1.54) is 6.92 Å². The van der Waals surface area contributed by atoms with Crippen molar-refractivity contribution in [1.82, 2.24) is 0 Å². The van der Waals surface area contributed by atoms with Gasteiger partial charge in [-0.05, 0) is 6.92 Å². The van der Waals surface area contributed by atoms with E-state index >= 15 is 0 Å². The molecule has 1 heterocycles. The lowest BCUT2D eigenvalue weighted by Crippen LogP contribution is -2.59. The third-order valence-electron chi connectivity index (χ3n) is 2.37. The molecule has 0 spiro atoms. The molecule has 7 nitrogen and oxygen atoms in total. The van der Waals surface area contributed by atoms with Crippen molar-refractivity contribution in [3.05, 3.63) is 0 Å². The van der Waals surface area contributed by atoms with Crippen LogP contribution in [-0.2, 0) is 23.8 Å². The topological polar surface area (TPSA) is 102 Å². The minimum absolute atomic E-state index is 0.591. The van der Waals surface area contributed by atoms with Crippen LogP contribution in [0.2, 0.25) is 0 Å². The Morgan fingerprint density at radius 3 is 2.00 bits per heavy atom. The van der Waals surface area contributed by atoms with E-state index in [0.717, 1.165) is 6.92 Å². The van der Waals surface area contributed by atoms with Crippen molar-refractivity contribution in [2.45, 2.75) is 51.5 Å². The molecule has 5 atom stereocenters. The highest BCUT2D eigenvalue weighted by atomic mass is 16.7. The van der Waals surface area contributed by atoms with Gasteiger partial charge in [-0.1, -0.05) is 0 Å². The zero-order valence-electron chi connectivity index (χ0n) is 9.82. The van der Waals surface area contributed by atoms with Crippen LogP contribution in [0.1, 0.15) is 20.8 Å². The van der Waals surface area contributed by atoms with Gasteiger partial charge < -0.3 is 24.4 Å². The second kappa shape index (κ2) is 5.44. The van der Waals surface area contributed by atoms with E-state index in [1.807, 2.05) is 0 Å². The zero-order valence-corrected chi connectivity index (χ0v) is 9.82. The number of carbonyl (C=O) groups is 2.